The average Bonchev–Trinajstić information content (AvgIpc) is 2.51. The van der Waals surface area contributed by atoms with Gasteiger partial charge in [0.15, 0.2) is 11.6 Å². The lowest BCUT2D eigenvalue weighted by Gasteiger charge is -2.10. The number of hydrogen-bond acceptors (Lipinski definition) is 2. The van der Waals surface area contributed by atoms with Crippen LogP contribution in [-0.2, 0) is 6.54 Å². The predicted molar refractivity (Wildman–Crippen MR) is 83.1 cm³/mol. The van der Waals surface area contributed by atoms with Crippen LogP contribution in [0.2, 0.25) is 0 Å². The lowest BCUT2D eigenvalue weighted by Crippen LogP contribution is -2.03. The van der Waals surface area contributed by atoms with E-state index in [-0.39, 0.29) is 5.69 Å². The van der Waals surface area contributed by atoms with Gasteiger partial charge in [-0.25, -0.2) is 8.78 Å². The van der Waals surface area contributed by atoms with E-state index in [4.69, 9.17) is 0 Å². The first kappa shape index (κ1) is 13.9. The summed E-state index contributed by atoms with van der Waals surface area (Å²) in [4.78, 5) is 4.36. The molecule has 3 rings (SSSR count). The van der Waals surface area contributed by atoms with Gasteiger partial charge in [0.25, 0.3) is 0 Å². The van der Waals surface area contributed by atoms with Crippen LogP contribution in [0.15, 0.2) is 53.1 Å². The Hall–Kier alpha value is -2.01. The van der Waals surface area contributed by atoms with Crippen molar-refractivity contribution in [2.45, 2.75) is 6.54 Å². The van der Waals surface area contributed by atoms with E-state index in [9.17, 15) is 8.78 Å². The fourth-order valence-electron chi connectivity index (χ4n) is 2.17. The third kappa shape index (κ3) is 2.74. The molecule has 21 heavy (non-hydrogen) atoms. The molecular weight excluding hydrogens is 338 g/mol. The van der Waals surface area contributed by atoms with Crippen LogP contribution in [0.25, 0.3) is 10.9 Å². The Bertz CT molecular complexity index is 805. The van der Waals surface area contributed by atoms with Crippen molar-refractivity contribution in [3.8, 4) is 0 Å². The van der Waals surface area contributed by atoms with Crippen molar-refractivity contribution in [1.82, 2.24) is 4.98 Å². The van der Waals surface area contributed by atoms with E-state index in [0.29, 0.717) is 6.54 Å². The molecule has 0 fully saturated rings. The van der Waals surface area contributed by atoms with Gasteiger partial charge in [-0.15, -0.1) is 0 Å². The van der Waals surface area contributed by atoms with Crippen molar-refractivity contribution in [1.29, 1.82) is 0 Å². The van der Waals surface area contributed by atoms with Crippen LogP contribution in [0.5, 0.6) is 0 Å². The molecule has 0 aliphatic heterocycles. The minimum atomic E-state index is -0.869. The van der Waals surface area contributed by atoms with E-state index in [2.05, 4.69) is 26.2 Å². The van der Waals surface area contributed by atoms with Crippen LogP contribution in [0.1, 0.15) is 5.56 Å². The van der Waals surface area contributed by atoms with Gasteiger partial charge in [-0.1, -0.05) is 34.1 Å². The SMILES string of the molecule is Fc1cccc(NCc2ccc(Br)c3cccnc23)c1F. The molecule has 3 aromatic rings. The second kappa shape index (κ2) is 5.77. The van der Waals surface area contributed by atoms with E-state index in [1.165, 1.54) is 12.1 Å². The molecule has 0 amide bonds. The molecule has 0 radical (unpaired) electrons. The summed E-state index contributed by atoms with van der Waals surface area (Å²) in [5.41, 5.74) is 1.88. The second-order valence-corrected chi connectivity index (χ2v) is 5.42. The number of nitrogens with zero attached hydrogens (tertiary/aromatic N) is 1. The standard InChI is InChI=1S/C16H11BrF2N2/c17-12-7-6-10(16-11(12)3-2-8-20-16)9-21-14-5-1-4-13(18)15(14)19/h1-8,21H,9H2. The van der Waals surface area contributed by atoms with Crippen LogP contribution in [0.3, 0.4) is 0 Å². The fourth-order valence-corrected chi connectivity index (χ4v) is 2.62. The molecule has 0 aliphatic rings. The number of aromatic nitrogens is 1. The van der Waals surface area contributed by atoms with E-state index in [1.54, 1.807) is 6.20 Å². The topological polar surface area (TPSA) is 24.9 Å². The molecule has 1 aromatic heterocycles. The molecule has 0 spiro atoms. The molecule has 0 bridgehead atoms. The number of rotatable bonds is 3. The van der Waals surface area contributed by atoms with Gasteiger partial charge in [-0.2, -0.15) is 0 Å². The Morgan fingerprint density at radius 2 is 1.90 bits per heavy atom. The quantitative estimate of drug-likeness (QED) is 0.728. The molecule has 2 nitrogen and oxygen atoms in total. The van der Waals surface area contributed by atoms with Crippen LogP contribution < -0.4 is 5.32 Å². The molecule has 1 heterocycles. The first-order chi connectivity index (χ1) is 10.2. The van der Waals surface area contributed by atoms with Crippen LogP contribution >= 0.6 is 15.9 Å². The van der Waals surface area contributed by atoms with Gasteiger partial charge in [0, 0.05) is 22.6 Å². The van der Waals surface area contributed by atoms with E-state index >= 15 is 0 Å². The summed E-state index contributed by atoms with van der Waals surface area (Å²) < 4.78 is 27.7. The average molecular weight is 349 g/mol. The molecule has 0 unspecified atom stereocenters. The maximum absolute atomic E-state index is 13.6. The Kier molecular flexibility index (Phi) is 3.84. The van der Waals surface area contributed by atoms with Crippen molar-refractivity contribution in [2.75, 3.05) is 5.32 Å². The van der Waals surface area contributed by atoms with Gasteiger partial charge < -0.3 is 5.32 Å². The maximum atomic E-state index is 13.6. The summed E-state index contributed by atoms with van der Waals surface area (Å²) in [6, 6.07) is 11.7. The van der Waals surface area contributed by atoms with Gasteiger partial charge in [0.05, 0.1) is 11.2 Å². The van der Waals surface area contributed by atoms with Gasteiger partial charge in [0.1, 0.15) is 0 Å². The smallest absolute Gasteiger partial charge is 0.181 e. The second-order valence-electron chi connectivity index (χ2n) is 4.56. The van der Waals surface area contributed by atoms with Crippen molar-refractivity contribution >= 4 is 32.5 Å². The molecule has 106 valence electrons. The van der Waals surface area contributed by atoms with E-state index in [0.717, 1.165) is 27.0 Å². The highest BCUT2D eigenvalue weighted by Crippen LogP contribution is 2.26. The number of hydrogen-bond donors (Lipinski definition) is 1. The zero-order valence-electron chi connectivity index (χ0n) is 10.9. The zero-order chi connectivity index (χ0) is 14.8. The summed E-state index contributed by atoms with van der Waals surface area (Å²) in [6.45, 7) is 0.362. The summed E-state index contributed by atoms with van der Waals surface area (Å²) in [5, 5.41) is 3.89. The minimum absolute atomic E-state index is 0.141. The third-order valence-electron chi connectivity index (χ3n) is 3.22. The highest BCUT2D eigenvalue weighted by atomic mass is 79.9. The van der Waals surface area contributed by atoms with Crippen LogP contribution in [-0.4, -0.2) is 4.98 Å². The van der Waals surface area contributed by atoms with Crippen LogP contribution in [0.4, 0.5) is 14.5 Å². The summed E-state index contributed by atoms with van der Waals surface area (Å²) in [5.74, 6) is -1.73. The number of nitrogens with one attached hydrogen (secondary N) is 1. The molecule has 0 aliphatic carbocycles. The molecule has 1 N–H and O–H groups in total. The lowest BCUT2D eigenvalue weighted by atomic mass is 10.1. The van der Waals surface area contributed by atoms with Crippen molar-refractivity contribution < 1.29 is 8.78 Å². The summed E-state index contributed by atoms with van der Waals surface area (Å²) in [7, 11) is 0. The predicted octanol–water partition coefficient (Wildman–Crippen LogP) is 4.89. The van der Waals surface area contributed by atoms with Crippen molar-refractivity contribution in [3.05, 3.63) is 70.3 Å². The van der Waals surface area contributed by atoms with Gasteiger partial charge in [0.2, 0.25) is 0 Å². The lowest BCUT2D eigenvalue weighted by molar-refractivity contribution is 0.511. The first-order valence-corrected chi connectivity index (χ1v) is 7.16. The van der Waals surface area contributed by atoms with Crippen LogP contribution in [0, 0.1) is 11.6 Å². The fraction of sp³-hybridized carbons (Fsp3) is 0.0625. The largest absolute Gasteiger partial charge is 0.378 e. The molecule has 0 saturated carbocycles. The van der Waals surface area contributed by atoms with Gasteiger partial charge >= 0.3 is 0 Å². The number of halogens is 3. The summed E-state index contributed by atoms with van der Waals surface area (Å²) in [6.07, 6.45) is 1.71. The Balaban J connectivity index is 1.92. The minimum Gasteiger partial charge on any atom is -0.378 e. The Morgan fingerprint density at radius 1 is 1.05 bits per heavy atom. The number of fused-ring (bicyclic) bond motifs is 1. The zero-order valence-corrected chi connectivity index (χ0v) is 12.5. The van der Waals surface area contributed by atoms with Gasteiger partial charge in [-0.05, 0) is 29.8 Å². The third-order valence-corrected chi connectivity index (χ3v) is 3.91. The highest BCUT2D eigenvalue weighted by Gasteiger charge is 2.09. The van der Waals surface area contributed by atoms with E-state index in [1.807, 2.05) is 24.3 Å². The Labute approximate surface area is 129 Å². The molecular formula is C16H11BrF2N2. The number of anilines is 1. The molecule has 0 saturated heterocycles. The highest BCUT2D eigenvalue weighted by molar-refractivity contribution is 9.10. The van der Waals surface area contributed by atoms with Gasteiger partial charge in [-0.3, -0.25) is 4.98 Å². The normalized spacial score (nSPS) is 10.8. The number of benzene rings is 2. The molecule has 5 heteroatoms. The monoisotopic (exact) mass is 348 g/mol. The molecule has 2 aromatic carbocycles. The van der Waals surface area contributed by atoms with Crippen molar-refractivity contribution in [3.63, 3.8) is 0 Å². The van der Waals surface area contributed by atoms with E-state index < -0.39 is 11.6 Å². The Morgan fingerprint density at radius 3 is 2.76 bits per heavy atom. The maximum Gasteiger partial charge on any atom is 0.181 e. The summed E-state index contributed by atoms with van der Waals surface area (Å²) >= 11 is 3.48. The van der Waals surface area contributed by atoms with Crippen molar-refractivity contribution in [2.24, 2.45) is 0 Å². The molecule has 0 atom stereocenters. The number of pyridine rings is 1. The first-order valence-electron chi connectivity index (χ1n) is 6.37.